The summed E-state index contributed by atoms with van der Waals surface area (Å²) >= 11 is 5.92. The second kappa shape index (κ2) is 9.19. The van der Waals surface area contributed by atoms with Gasteiger partial charge in [-0.2, -0.15) is 0 Å². The molecular weight excluding hydrogens is 380 g/mol. The molecule has 1 fully saturated rings. The zero-order valence-electron chi connectivity index (χ0n) is 15.0. The Bertz CT molecular complexity index is 890. The summed E-state index contributed by atoms with van der Waals surface area (Å²) in [5, 5.41) is 5.30. The Kier molecular flexibility index (Phi) is 6.45. The third-order valence-electron chi connectivity index (χ3n) is 3.99. The van der Waals surface area contributed by atoms with E-state index in [2.05, 4.69) is 10.6 Å². The second-order valence-corrected chi connectivity index (χ2v) is 6.78. The van der Waals surface area contributed by atoms with E-state index in [1.165, 1.54) is 0 Å². The van der Waals surface area contributed by atoms with E-state index in [9.17, 15) is 14.4 Å². The fourth-order valence-electron chi connectivity index (χ4n) is 2.43. The van der Waals surface area contributed by atoms with Crippen molar-refractivity contribution in [1.29, 1.82) is 0 Å². The van der Waals surface area contributed by atoms with Crippen molar-refractivity contribution in [3.63, 3.8) is 0 Å². The Morgan fingerprint density at radius 2 is 1.71 bits per heavy atom. The quantitative estimate of drug-likeness (QED) is 0.443. The van der Waals surface area contributed by atoms with Crippen LogP contribution < -0.4 is 10.6 Å². The van der Waals surface area contributed by atoms with Crippen molar-refractivity contribution in [2.45, 2.75) is 18.9 Å². The summed E-state index contributed by atoms with van der Waals surface area (Å²) in [6.07, 6.45) is 3.49. The first kappa shape index (κ1) is 19.6. The van der Waals surface area contributed by atoms with E-state index in [0.717, 1.165) is 18.4 Å². The lowest BCUT2D eigenvalue weighted by Crippen LogP contribution is -2.42. The van der Waals surface area contributed by atoms with E-state index >= 15 is 0 Å². The number of imide groups is 1. The largest absolute Gasteiger partial charge is 0.452 e. The Labute approximate surface area is 167 Å². The van der Waals surface area contributed by atoms with Gasteiger partial charge in [-0.25, -0.2) is 9.59 Å². The third-order valence-corrected chi connectivity index (χ3v) is 4.24. The maximum Gasteiger partial charge on any atom is 0.339 e. The molecule has 0 unspecified atom stereocenters. The van der Waals surface area contributed by atoms with Crippen molar-refractivity contribution < 1.29 is 19.1 Å². The average molecular weight is 399 g/mol. The first-order valence-corrected chi connectivity index (χ1v) is 9.19. The summed E-state index contributed by atoms with van der Waals surface area (Å²) in [7, 11) is 0. The molecular formula is C21H19ClN2O4. The molecule has 2 aromatic rings. The smallest absolute Gasteiger partial charge is 0.339 e. The number of rotatable bonds is 6. The number of hydrogen-bond donors (Lipinski definition) is 2. The Morgan fingerprint density at radius 3 is 2.36 bits per heavy atom. The van der Waals surface area contributed by atoms with Crippen LogP contribution in [-0.2, 0) is 14.3 Å². The lowest BCUT2D eigenvalue weighted by molar-refractivity contribution is -0.142. The number of ether oxygens (including phenoxy) is 1. The summed E-state index contributed by atoms with van der Waals surface area (Å²) < 4.78 is 5.11. The van der Waals surface area contributed by atoms with Crippen LogP contribution in [0.2, 0.25) is 5.02 Å². The van der Waals surface area contributed by atoms with Crippen LogP contribution in [0.25, 0.3) is 11.6 Å². The van der Waals surface area contributed by atoms with Gasteiger partial charge in [0.25, 0.3) is 5.91 Å². The Balaban J connectivity index is 1.67. The van der Waals surface area contributed by atoms with Crippen LogP contribution in [-0.4, -0.2) is 30.6 Å². The molecule has 2 aromatic carbocycles. The first-order chi connectivity index (χ1) is 13.5. The minimum Gasteiger partial charge on any atom is -0.452 e. The monoisotopic (exact) mass is 398 g/mol. The molecule has 6 nitrogen and oxygen atoms in total. The fourth-order valence-corrected chi connectivity index (χ4v) is 2.55. The number of nitrogens with one attached hydrogen (secondary N) is 2. The van der Waals surface area contributed by atoms with Crippen LogP contribution in [0.5, 0.6) is 0 Å². The lowest BCUT2D eigenvalue weighted by Gasteiger charge is -2.10. The van der Waals surface area contributed by atoms with Gasteiger partial charge in [0.2, 0.25) is 0 Å². The van der Waals surface area contributed by atoms with E-state index in [1.54, 1.807) is 30.3 Å². The molecule has 0 aliphatic heterocycles. The minimum absolute atomic E-state index is 0.126. The Morgan fingerprint density at radius 1 is 1.04 bits per heavy atom. The van der Waals surface area contributed by atoms with Gasteiger partial charge in [-0.15, -0.1) is 0 Å². The number of benzene rings is 2. The highest BCUT2D eigenvalue weighted by Crippen LogP contribution is 2.22. The van der Waals surface area contributed by atoms with Gasteiger partial charge in [0.1, 0.15) is 0 Å². The molecule has 0 saturated heterocycles. The second-order valence-electron chi connectivity index (χ2n) is 6.35. The predicted octanol–water partition coefficient (Wildman–Crippen LogP) is 3.41. The number of esters is 1. The highest BCUT2D eigenvalue weighted by molar-refractivity contribution is 6.30. The predicted molar refractivity (Wildman–Crippen MR) is 106 cm³/mol. The van der Waals surface area contributed by atoms with Crippen LogP contribution in [0.4, 0.5) is 4.79 Å². The maximum atomic E-state index is 12.6. The van der Waals surface area contributed by atoms with Crippen LogP contribution >= 0.6 is 11.6 Å². The summed E-state index contributed by atoms with van der Waals surface area (Å²) in [4.78, 5) is 36.0. The van der Waals surface area contributed by atoms with Gasteiger partial charge < -0.3 is 10.1 Å². The molecule has 1 aliphatic rings. The van der Waals surface area contributed by atoms with E-state index < -0.39 is 24.5 Å². The SMILES string of the molecule is O=C(COC(=O)/C(=C/c1ccccc1)c1ccc(Cl)cc1)NC(=O)NC1CC1. The molecule has 3 amide bonds. The van der Waals surface area contributed by atoms with Crippen LogP contribution in [0.15, 0.2) is 54.6 Å². The number of carbonyl (C=O) groups is 3. The molecule has 1 saturated carbocycles. The number of carbonyl (C=O) groups excluding carboxylic acids is 3. The van der Waals surface area contributed by atoms with E-state index in [-0.39, 0.29) is 11.6 Å². The third kappa shape index (κ3) is 5.96. The van der Waals surface area contributed by atoms with Gasteiger partial charge in [-0.3, -0.25) is 10.1 Å². The van der Waals surface area contributed by atoms with Gasteiger partial charge in [0.15, 0.2) is 6.61 Å². The minimum atomic E-state index is -0.693. The van der Waals surface area contributed by atoms with Gasteiger partial charge in [-0.05, 0) is 42.2 Å². The summed E-state index contributed by atoms with van der Waals surface area (Å²) in [6.45, 7) is -0.559. The summed E-state index contributed by atoms with van der Waals surface area (Å²) in [5.74, 6) is -1.37. The molecule has 144 valence electrons. The van der Waals surface area contributed by atoms with Gasteiger partial charge in [0.05, 0.1) is 5.57 Å². The molecule has 0 atom stereocenters. The van der Waals surface area contributed by atoms with E-state index in [4.69, 9.17) is 16.3 Å². The van der Waals surface area contributed by atoms with Crippen molar-refractivity contribution >= 4 is 41.2 Å². The molecule has 2 N–H and O–H groups in total. The zero-order chi connectivity index (χ0) is 19.9. The summed E-state index contributed by atoms with van der Waals surface area (Å²) in [5.41, 5.74) is 1.68. The molecule has 0 spiro atoms. The van der Waals surface area contributed by atoms with Gasteiger partial charge >= 0.3 is 12.0 Å². The number of amides is 3. The topological polar surface area (TPSA) is 84.5 Å². The van der Waals surface area contributed by atoms with Crippen molar-refractivity contribution in [2.24, 2.45) is 0 Å². The number of urea groups is 1. The van der Waals surface area contributed by atoms with Gasteiger partial charge in [0, 0.05) is 11.1 Å². The Hall–Kier alpha value is -3.12. The van der Waals surface area contributed by atoms with Crippen LogP contribution in [0, 0.1) is 0 Å². The van der Waals surface area contributed by atoms with Crippen molar-refractivity contribution in [1.82, 2.24) is 10.6 Å². The van der Waals surface area contributed by atoms with E-state index in [0.29, 0.717) is 10.6 Å². The molecule has 1 aliphatic carbocycles. The van der Waals surface area contributed by atoms with Crippen molar-refractivity contribution in [3.05, 3.63) is 70.7 Å². The summed E-state index contributed by atoms with van der Waals surface area (Å²) in [6, 6.07) is 15.5. The molecule has 0 aromatic heterocycles. The average Bonchev–Trinajstić information content (AvgIpc) is 3.49. The first-order valence-electron chi connectivity index (χ1n) is 8.81. The molecule has 0 bridgehead atoms. The standard InChI is InChI=1S/C21H19ClN2O4/c22-16-8-6-15(7-9-16)18(12-14-4-2-1-3-5-14)20(26)28-13-19(25)24-21(27)23-17-10-11-17/h1-9,12,17H,10-11,13H2,(H2,23,24,25,27)/b18-12+. The molecule has 0 heterocycles. The van der Waals surface area contributed by atoms with Crippen LogP contribution in [0.1, 0.15) is 24.0 Å². The van der Waals surface area contributed by atoms with Crippen LogP contribution in [0.3, 0.4) is 0 Å². The number of hydrogen-bond acceptors (Lipinski definition) is 4. The molecule has 3 rings (SSSR count). The molecule has 7 heteroatoms. The molecule has 0 radical (unpaired) electrons. The zero-order valence-corrected chi connectivity index (χ0v) is 15.7. The van der Waals surface area contributed by atoms with Crippen molar-refractivity contribution in [2.75, 3.05) is 6.61 Å². The highest BCUT2D eigenvalue weighted by Gasteiger charge is 2.24. The van der Waals surface area contributed by atoms with Gasteiger partial charge in [-0.1, -0.05) is 54.1 Å². The number of halogens is 1. The highest BCUT2D eigenvalue weighted by atomic mass is 35.5. The van der Waals surface area contributed by atoms with Crippen molar-refractivity contribution in [3.8, 4) is 0 Å². The fraction of sp³-hybridized carbons (Fsp3) is 0.190. The van der Waals surface area contributed by atoms with E-state index in [1.807, 2.05) is 30.3 Å². The lowest BCUT2D eigenvalue weighted by atomic mass is 10.0. The normalized spacial score (nSPS) is 13.5. The maximum absolute atomic E-state index is 12.6. The molecule has 28 heavy (non-hydrogen) atoms.